The van der Waals surface area contributed by atoms with Crippen LogP contribution in [0.15, 0.2) is 72.8 Å². The molecule has 1 fully saturated rings. The van der Waals surface area contributed by atoms with Gasteiger partial charge in [-0.1, -0.05) is 60.7 Å². The molecule has 2 N–H and O–H groups in total. The zero-order chi connectivity index (χ0) is 19.3. The fourth-order valence-corrected chi connectivity index (χ4v) is 4.12. The highest BCUT2D eigenvalue weighted by Gasteiger charge is 2.23. The van der Waals surface area contributed by atoms with Crippen LogP contribution in [-0.4, -0.2) is 38.6 Å². The molecule has 1 aliphatic rings. The number of quaternary nitrogens is 1. The van der Waals surface area contributed by atoms with Gasteiger partial charge in [-0.2, -0.15) is 0 Å². The molecule has 1 aliphatic heterocycles. The summed E-state index contributed by atoms with van der Waals surface area (Å²) in [5, 5.41) is 5.63. The van der Waals surface area contributed by atoms with Crippen molar-refractivity contribution in [2.75, 3.05) is 37.6 Å². The molecule has 0 saturated carbocycles. The van der Waals surface area contributed by atoms with Gasteiger partial charge < -0.3 is 15.1 Å². The summed E-state index contributed by atoms with van der Waals surface area (Å²) in [6.45, 7) is 6.58. The normalized spacial score (nSPS) is 16.1. The van der Waals surface area contributed by atoms with Crippen molar-refractivity contribution in [3.05, 3.63) is 78.4 Å². The van der Waals surface area contributed by atoms with E-state index in [1.54, 1.807) is 0 Å². The monoisotopic (exact) mass is 374 g/mol. The van der Waals surface area contributed by atoms with Crippen LogP contribution < -0.4 is 15.1 Å². The number of anilines is 1. The minimum Gasteiger partial charge on any atom is -0.360 e. The molecule has 1 saturated heterocycles. The summed E-state index contributed by atoms with van der Waals surface area (Å²) in [6.07, 6.45) is 0. The Morgan fingerprint density at radius 2 is 1.64 bits per heavy atom. The van der Waals surface area contributed by atoms with Crippen LogP contribution in [0.1, 0.15) is 18.5 Å². The van der Waals surface area contributed by atoms with Gasteiger partial charge in [-0.25, -0.2) is 0 Å². The van der Waals surface area contributed by atoms with E-state index in [9.17, 15) is 4.79 Å². The molecule has 0 aliphatic carbocycles. The Bertz CT molecular complexity index is 927. The minimum atomic E-state index is 0.00334. The number of hydrogen-bond donors (Lipinski definition) is 2. The molecule has 28 heavy (non-hydrogen) atoms. The Morgan fingerprint density at radius 3 is 2.43 bits per heavy atom. The van der Waals surface area contributed by atoms with Crippen molar-refractivity contribution in [3.8, 4) is 0 Å². The summed E-state index contributed by atoms with van der Waals surface area (Å²) in [5.74, 6) is 0.128. The molecule has 1 heterocycles. The lowest BCUT2D eigenvalue weighted by Crippen LogP contribution is -3.15. The summed E-state index contributed by atoms with van der Waals surface area (Å²) in [4.78, 5) is 16.4. The van der Waals surface area contributed by atoms with E-state index >= 15 is 0 Å². The fraction of sp³-hybridized carbons (Fsp3) is 0.292. The van der Waals surface area contributed by atoms with Crippen LogP contribution in [0.2, 0.25) is 0 Å². The maximum Gasteiger partial charge on any atom is 0.275 e. The van der Waals surface area contributed by atoms with E-state index in [0.29, 0.717) is 6.54 Å². The second kappa shape index (κ2) is 8.44. The van der Waals surface area contributed by atoms with Gasteiger partial charge in [-0.05, 0) is 35.4 Å². The van der Waals surface area contributed by atoms with Crippen molar-refractivity contribution in [2.24, 2.45) is 0 Å². The molecule has 144 valence electrons. The Morgan fingerprint density at radius 1 is 0.964 bits per heavy atom. The average Bonchev–Trinajstić information content (AvgIpc) is 2.74. The molecule has 3 aromatic rings. The Labute approximate surface area is 166 Å². The van der Waals surface area contributed by atoms with E-state index in [-0.39, 0.29) is 11.9 Å². The third-order valence-corrected chi connectivity index (χ3v) is 5.67. The van der Waals surface area contributed by atoms with Crippen LogP contribution in [0.5, 0.6) is 0 Å². The van der Waals surface area contributed by atoms with E-state index < -0.39 is 0 Å². The van der Waals surface area contributed by atoms with Crippen molar-refractivity contribution in [1.29, 1.82) is 0 Å². The van der Waals surface area contributed by atoms with Crippen molar-refractivity contribution in [1.82, 2.24) is 5.32 Å². The molecular weight excluding hydrogens is 346 g/mol. The van der Waals surface area contributed by atoms with Gasteiger partial charge in [0.05, 0.1) is 32.2 Å². The predicted octanol–water partition coefficient (Wildman–Crippen LogP) is 2.42. The van der Waals surface area contributed by atoms with Crippen LogP contribution >= 0.6 is 0 Å². The first kappa shape index (κ1) is 18.5. The van der Waals surface area contributed by atoms with Gasteiger partial charge in [0.2, 0.25) is 0 Å². The standard InChI is InChI=1S/C24H27N3O/c1-19(22-13-7-9-20-8-5-6-12-23(20)22)25-24(28)18-26-14-16-27(17-15-26)21-10-3-2-4-11-21/h2-13,19H,14-18H2,1H3,(H,25,28)/p+1/t19-/m1/s1. The van der Waals surface area contributed by atoms with E-state index in [4.69, 9.17) is 0 Å². The number of benzene rings is 3. The van der Waals surface area contributed by atoms with Gasteiger partial charge in [0, 0.05) is 5.69 Å². The first-order valence-corrected chi connectivity index (χ1v) is 10.1. The SMILES string of the molecule is C[C@@H](NC(=O)C[NH+]1CCN(c2ccccc2)CC1)c1cccc2ccccc12. The highest BCUT2D eigenvalue weighted by atomic mass is 16.2. The third-order valence-electron chi connectivity index (χ3n) is 5.67. The number of hydrogen-bond acceptors (Lipinski definition) is 2. The van der Waals surface area contributed by atoms with E-state index in [1.807, 2.05) is 12.1 Å². The number of amides is 1. The molecule has 1 atom stereocenters. The maximum absolute atomic E-state index is 12.6. The van der Waals surface area contributed by atoms with Crippen LogP contribution in [-0.2, 0) is 4.79 Å². The molecule has 3 aromatic carbocycles. The zero-order valence-corrected chi connectivity index (χ0v) is 16.4. The lowest BCUT2D eigenvalue weighted by atomic mass is 10.00. The van der Waals surface area contributed by atoms with E-state index in [1.165, 1.54) is 26.9 Å². The smallest absolute Gasteiger partial charge is 0.275 e. The van der Waals surface area contributed by atoms with Crippen molar-refractivity contribution >= 4 is 22.4 Å². The first-order valence-electron chi connectivity index (χ1n) is 10.1. The summed E-state index contributed by atoms with van der Waals surface area (Å²) < 4.78 is 0. The molecule has 0 unspecified atom stereocenters. The lowest BCUT2D eigenvalue weighted by molar-refractivity contribution is -0.892. The number of para-hydroxylation sites is 1. The molecule has 4 rings (SSSR count). The third kappa shape index (κ3) is 4.18. The Hall–Kier alpha value is -2.85. The number of rotatable bonds is 5. The van der Waals surface area contributed by atoms with Gasteiger partial charge in [0.15, 0.2) is 6.54 Å². The molecule has 0 aromatic heterocycles. The molecule has 0 bridgehead atoms. The predicted molar refractivity (Wildman–Crippen MR) is 115 cm³/mol. The van der Waals surface area contributed by atoms with Gasteiger partial charge in [-0.3, -0.25) is 4.79 Å². The Balaban J connectivity index is 1.32. The second-order valence-electron chi connectivity index (χ2n) is 7.61. The topological polar surface area (TPSA) is 36.8 Å². The molecule has 1 amide bonds. The number of nitrogens with zero attached hydrogens (tertiary/aromatic N) is 1. The first-order chi connectivity index (χ1) is 13.7. The molecule has 0 radical (unpaired) electrons. The highest BCUT2D eigenvalue weighted by Crippen LogP contribution is 2.23. The van der Waals surface area contributed by atoms with Crippen molar-refractivity contribution in [3.63, 3.8) is 0 Å². The summed E-state index contributed by atoms with van der Waals surface area (Å²) in [7, 11) is 0. The maximum atomic E-state index is 12.6. The Kier molecular flexibility index (Phi) is 5.58. The van der Waals surface area contributed by atoms with Crippen LogP contribution in [0.25, 0.3) is 10.8 Å². The van der Waals surface area contributed by atoms with Crippen LogP contribution in [0.3, 0.4) is 0 Å². The van der Waals surface area contributed by atoms with Gasteiger partial charge >= 0.3 is 0 Å². The minimum absolute atomic E-state index is 0.00334. The van der Waals surface area contributed by atoms with E-state index in [2.05, 4.69) is 77.8 Å². The van der Waals surface area contributed by atoms with Crippen molar-refractivity contribution in [2.45, 2.75) is 13.0 Å². The summed E-state index contributed by atoms with van der Waals surface area (Å²) in [5.41, 5.74) is 2.45. The van der Waals surface area contributed by atoms with Gasteiger partial charge in [0.1, 0.15) is 0 Å². The van der Waals surface area contributed by atoms with Gasteiger partial charge in [-0.15, -0.1) is 0 Å². The lowest BCUT2D eigenvalue weighted by Gasteiger charge is -2.33. The molecule has 4 heteroatoms. The molecular formula is C24H28N3O+. The number of nitrogens with one attached hydrogen (secondary N) is 2. The number of carbonyl (C=O) groups excluding carboxylic acids is 1. The van der Waals surface area contributed by atoms with Crippen molar-refractivity contribution < 1.29 is 9.69 Å². The summed E-state index contributed by atoms with van der Waals surface area (Å²) in [6, 6.07) is 25.2. The fourth-order valence-electron chi connectivity index (χ4n) is 4.12. The number of piperazine rings is 1. The van der Waals surface area contributed by atoms with E-state index in [0.717, 1.165) is 26.2 Å². The molecule has 0 spiro atoms. The summed E-state index contributed by atoms with van der Waals surface area (Å²) >= 11 is 0. The van der Waals surface area contributed by atoms with Crippen LogP contribution in [0.4, 0.5) is 5.69 Å². The largest absolute Gasteiger partial charge is 0.360 e. The second-order valence-corrected chi connectivity index (χ2v) is 7.61. The van der Waals surface area contributed by atoms with Gasteiger partial charge in [0.25, 0.3) is 5.91 Å². The van der Waals surface area contributed by atoms with Crippen LogP contribution in [0, 0.1) is 0 Å². The average molecular weight is 375 g/mol. The number of fused-ring (bicyclic) bond motifs is 1. The highest BCUT2D eigenvalue weighted by molar-refractivity contribution is 5.87. The number of carbonyl (C=O) groups is 1. The molecule has 4 nitrogen and oxygen atoms in total. The quantitative estimate of drug-likeness (QED) is 0.720. The zero-order valence-electron chi connectivity index (χ0n) is 16.4.